The highest BCUT2D eigenvalue weighted by Crippen LogP contribution is 2.46. The number of rotatable bonds is 2. The van der Waals surface area contributed by atoms with E-state index in [1.807, 2.05) is 12.1 Å². The molecule has 0 saturated heterocycles. The van der Waals surface area contributed by atoms with Crippen LogP contribution in [0.1, 0.15) is 0 Å². The molecule has 0 atom stereocenters. The lowest BCUT2D eigenvalue weighted by Gasteiger charge is -2.15. The maximum Gasteiger partial charge on any atom is 0.166 e. The number of benzene rings is 4. The molecule has 4 aromatic rings. The van der Waals surface area contributed by atoms with Gasteiger partial charge in [-0.15, -0.1) is 0 Å². The predicted octanol–water partition coefficient (Wildman–Crippen LogP) is 6.63. The van der Waals surface area contributed by atoms with E-state index in [-0.39, 0.29) is 26.7 Å². The average molecular weight is 427 g/mol. The van der Waals surface area contributed by atoms with Crippen LogP contribution in [0.3, 0.4) is 0 Å². The largest absolute Gasteiger partial charge is 0.504 e. The summed E-state index contributed by atoms with van der Waals surface area (Å²) in [4.78, 5) is 0. The van der Waals surface area contributed by atoms with Crippen LogP contribution in [0.15, 0.2) is 71.2 Å². The molecule has 0 spiro atoms. The molecule has 0 unspecified atom stereocenters. The molecule has 0 heterocycles. The van der Waals surface area contributed by atoms with E-state index in [4.69, 9.17) is 0 Å². The van der Waals surface area contributed by atoms with E-state index in [0.717, 1.165) is 5.39 Å². The van der Waals surface area contributed by atoms with Gasteiger partial charge in [0.2, 0.25) is 0 Å². The van der Waals surface area contributed by atoms with Crippen LogP contribution in [-0.2, 0) is 0 Å². The Hall–Kier alpha value is -2.92. The highest BCUT2D eigenvalue weighted by molar-refractivity contribution is 9.10. The number of aromatic hydroxyl groups is 2. The molecule has 0 radical (unpaired) electrons. The Labute approximate surface area is 162 Å². The molecule has 0 bridgehead atoms. The lowest BCUT2D eigenvalue weighted by Crippen LogP contribution is -1.92. The number of fused-ring (bicyclic) bond motifs is 1. The van der Waals surface area contributed by atoms with Crippen LogP contribution in [0.4, 0.5) is 8.78 Å². The minimum Gasteiger partial charge on any atom is -0.504 e. The lowest BCUT2D eigenvalue weighted by molar-refractivity contribution is 0.406. The second kappa shape index (κ2) is 6.67. The summed E-state index contributed by atoms with van der Waals surface area (Å²) in [6, 6.07) is 17.7. The number of halogens is 3. The van der Waals surface area contributed by atoms with Gasteiger partial charge in [-0.1, -0.05) is 42.5 Å². The van der Waals surface area contributed by atoms with Gasteiger partial charge in [0.15, 0.2) is 11.5 Å². The van der Waals surface area contributed by atoms with E-state index in [2.05, 4.69) is 15.9 Å². The molecular formula is C22H13BrF2O2. The first-order valence-corrected chi connectivity index (χ1v) is 8.95. The summed E-state index contributed by atoms with van der Waals surface area (Å²) in [6.45, 7) is 0. The first-order valence-electron chi connectivity index (χ1n) is 8.16. The highest BCUT2D eigenvalue weighted by atomic mass is 79.9. The monoisotopic (exact) mass is 426 g/mol. The number of hydrogen-bond donors (Lipinski definition) is 2. The fraction of sp³-hybridized carbons (Fsp3) is 0. The molecule has 0 aliphatic heterocycles. The van der Waals surface area contributed by atoms with Crippen molar-refractivity contribution in [2.24, 2.45) is 0 Å². The molecule has 0 fully saturated rings. The minimum atomic E-state index is -0.554. The fourth-order valence-corrected chi connectivity index (χ4v) is 3.67. The zero-order chi connectivity index (χ0) is 19.1. The van der Waals surface area contributed by atoms with Crippen LogP contribution >= 0.6 is 15.9 Å². The maximum atomic E-state index is 14.9. The maximum absolute atomic E-state index is 14.9. The molecule has 27 heavy (non-hydrogen) atoms. The van der Waals surface area contributed by atoms with Gasteiger partial charge in [-0.25, -0.2) is 8.78 Å². The molecule has 4 aromatic carbocycles. The summed E-state index contributed by atoms with van der Waals surface area (Å²) in [6.07, 6.45) is 0. The van der Waals surface area contributed by atoms with Gasteiger partial charge in [0, 0.05) is 22.3 Å². The van der Waals surface area contributed by atoms with E-state index in [0.29, 0.717) is 5.39 Å². The van der Waals surface area contributed by atoms with Crippen molar-refractivity contribution < 1.29 is 19.0 Å². The normalized spacial score (nSPS) is 11.1. The Morgan fingerprint density at radius 2 is 1.33 bits per heavy atom. The number of phenols is 2. The van der Waals surface area contributed by atoms with Gasteiger partial charge in [-0.3, -0.25) is 0 Å². The Balaban J connectivity index is 2.00. The molecular weight excluding hydrogens is 414 g/mol. The molecule has 0 aromatic heterocycles. The minimum absolute atomic E-state index is 0.127. The Bertz CT molecular complexity index is 1190. The molecule has 0 aliphatic rings. The molecule has 4 rings (SSSR count). The summed E-state index contributed by atoms with van der Waals surface area (Å²) < 4.78 is 29.2. The van der Waals surface area contributed by atoms with Gasteiger partial charge in [-0.2, -0.15) is 0 Å². The standard InChI is InChI=1S/C22H13BrF2O2/c23-17-11-12-5-1-2-6-13(12)19(20(17)25)16-10-9-15(21(26)22(16)27)14-7-3-4-8-18(14)24/h1-11,26-27H. The Morgan fingerprint density at radius 1 is 0.704 bits per heavy atom. The Kier molecular flexibility index (Phi) is 4.32. The quantitative estimate of drug-likeness (QED) is 0.353. The smallest absolute Gasteiger partial charge is 0.166 e. The van der Waals surface area contributed by atoms with Crippen molar-refractivity contribution in [1.82, 2.24) is 0 Å². The molecule has 0 amide bonds. The first-order chi connectivity index (χ1) is 13.0. The van der Waals surface area contributed by atoms with Gasteiger partial charge in [0.1, 0.15) is 11.6 Å². The molecule has 2 N–H and O–H groups in total. The van der Waals surface area contributed by atoms with Crippen molar-refractivity contribution in [2.45, 2.75) is 0 Å². The molecule has 2 nitrogen and oxygen atoms in total. The highest BCUT2D eigenvalue weighted by Gasteiger charge is 2.21. The molecule has 0 aliphatic carbocycles. The fourth-order valence-electron chi connectivity index (χ4n) is 3.23. The van der Waals surface area contributed by atoms with Crippen LogP contribution < -0.4 is 0 Å². The van der Waals surface area contributed by atoms with Crippen molar-refractivity contribution >= 4 is 26.7 Å². The first kappa shape index (κ1) is 17.5. The van der Waals surface area contributed by atoms with E-state index < -0.39 is 23.1 Å². The van der Waals surface area contributed by atoms with Crippen LogP contribution in [0.25, 0.3) is 33.0 Å². The van der Waals surface area contributed by atoms with Gasteiger partial charge in [0.05, 0.1) is 4.47 Å². The predicted molar refractivity (Wildman–Crippen MR) is 106 cm³/mol. The summed E-state index contributed by atoms with van der Waals surface area (Å²) in [5, 5.41) is 22.5. The summed E-state index contributed by atoms with van der Waals surface area (Å²) >= 11 is 3.20. The third-order valence-corrected chi connectivity index (χ3v) is 5.10. The lowest BCUT2D eigenvalue weighted by atomic mass is 9.94. The van der Waals surface area contributed by atoms with E-state index in [1.54, 1.807) is 24.3 Å². The molecule has 134 valence electrons. The Morgan fingerprint density at radius 3 is 2.11 bits per heavy atom. The van der Waals surface area contributed by atoms with Crippen LogP contribution in [-0.4, -0.2) is 10.2 Å². The number of hydrogen-bond acceptors (Lipinski definition) is 2. The third-order valence-electron chi connectivity index (χ3n) is 4.53. The summed E-state index contributed by atoms with van der Waals surface area (Å²) in [5.41, 5.74) is 0.570. The van der Waals surface area contributed by atoms with Crippen molar-refractivity contribution in [1.29, 1.82) is 0 Å². The zero-order valence-corrected chi connectivity index (χ0v) is 15.5. The van der Waals surface area contributed by atoms with E-state index >= 15 is 0 Å². The van der Waals surface area contributed by atoms with E-state index in [1.165, 1.54) is 30.3 Å². The van der Waals surface area contributed by atoms with Crippen LogP contribution in [0.2, 0.25) is 0 Å². The second-order valence-electron chi connectivity index (χ2n) is 6.11. The van der Waals surface area contributed by atoms with Gasteiger partial charge in [0.25, 0.3) is 0 Å². The SMILES string of the molecule is Oc1c(-c2ccccc2F)ccc(-c2c(F)c(Br)cc3ccccc23)c1O. The third kappa shape index (κ3) is 2.84. The summed E-state index contributed by atoms with van der Waals surface area (Å²) in [7, 11) is 0. The van der Waals surface area contributed by atoms with Crippen molar-refractivity contribution in [3.05, 3.63) is 82.8 Å². The molecule has 0 saturated carbocycles. The van der Waals surface area contributed by atoms with Gasteiger partial charge < -0.3 is 10.2 Å². The summed E-state index contributed by atoms with van der Waals surface area (Å²) in [5.74, 6) is -2.08. The second-order valence-corrected chi connectivity index (χ2v) is 6.96. The van der Waals surface area contributed by atoms with Crippen LogP contribution in [0.5, 0.6) is 11.5 Å². The van der Waals surface area contributed by atoms with Gasteiger partial charge in [-0.05, 0) is 51.0 Å². The average Bonchev–Trinajstić information content (AvgIpc) is 2.66. The van der Waals surface area contributed by atoms with Crippen molar-refractivity contribution in [2.75, 3.05) is 0 Å². The van der Waals surface area contributed by atoms with Crippen LogP contribution in [0, 0.1) is 11.6 Å². The van der Waals surface area contributed by atoms with Crippen molar-refractivity contribution in [3.63, 3.8) is 0 Å². The number of phenolic OH excluding ortho intramolecular Hbond substituents is 2. The molecule has 5 heteroatoms. The topological polar surface area (TPSA) is 40.5 Å². The van der Waals surface area contributed by atoms with Gasteiger partial charge >= 0.3 is 0 Å². The van der Waals surface area contributed by atoms with Crippen molar-refractivity contribution in [3.8, 4) is 33.8 Å². The van der Waals surface area contributed by atoms with E-state index in [9.17, 15) is 19.0 Å². The zero-order valence-electron chi connectivity index (χ0n) is 13.9.